The average Bonchev–Trinajstić information content (AvgIpc) is 2.26. The molecular formula is C11H15ClF3NO2. The third-order valence-corrected chi connectivity index (χ3v) is 2.33. The second kappa shape index (κ2) is 6.82. The predicted octanol–water partition coefficient (Wildman–Crippen LogP) is 2.78. The first-order valence-corrected chi connectivity index (χ1v) is 5.13. The molecule has 0 unspecified atom stereocenters. The van der Waals surface area contributed by atoms with Gasteiger partial charge in [0.2, 0.25) is 0 Å². The van der Waals surface area contributed by atoms with Crippen LogP contribution in [0.25, 0.3) is 0 Å². The Labute approximate surface area is 109 Å². The smallest absolute Gasteiger partial charge is 0.406 e. The molecule has 0 aliphatic heterocycles. The Bertz CT molecular complexity index is 356. The molecule has 0 radical (unpaired) electrons. The third-order valence-electron chi connectivity index (χ3n) is 2.33. The van der Waals surface area contributed by atoms with E-state index in [-0.39, 0.29) is 18.2 Å². The molecule has 0 aromatic heterocycles. The second-order valence-electron chi connectivity index (χ2n) is 3.62. The largest absolute Gasteiger partial charge is 0.573 e. The van der Waals surface area contributed by atoms with E-state index in [9.17, 15) is 18.3 Å². The molecule has 0 aliphatic carbocycles. The molecule has 104 valence electrons. The van der Waals surface area contributed by atoms with Gasteiger partial charge in [-0.15, -0.1) is 25.6 Å². The Hall–Kier alpha value is -0.980. The highest BCUT2D eigenvalue weighted by Crippen LogP contribution is 2.25. The zero-order valence-electron chi connectivity index (χ0n) is 9.65. The van der Waals surface area contributed by atoms with E-state index in [1.807, 2.05) is 0 Å². The first kappa shape index (κ1) is 17.0. The van der Waals surface area contributed by atoms with Gasteiger partial charge < -0.3 is 15.6 Å². The van der Waals surface area contributed by atoms with Crippen molar-refractivity contribution >= 4 is 12.4 Å². The molecule has 0 spiro atoms. The first-order valence-electron chi connectivity index (χ1n) is 5.13. The van der Waals surface area contributed by atoms with E-state index in [0.29, 0.717) is 12.0 Å². The van der Waals surface area contributed by atoms with Gasteiger partial charge in [-0.2, -0.15) is 0 Å². The van der Waals surface area contributed by atoms with Crippen molar-refractivity contribution < 1.29 is 23.0 Å². The van der Waals surface area contributed by atoms with E-state index in [1.54, 1.807) is 6.92 Å². The summed E-state index contributed by atoms with van der Waals surface area (Å²) in [5.41, 5.74) is 6.28. The van der Waals surface area contributed by atoms with E-state index in [4.69, 9.17) is 5.73 Å². The van der Waals surface area contributed by atoms with Crippen LogP contribution in [0.1, 0.15) is 24.9 Å². The van der Waals surface area contributed by atoms with Gasteiger partial charge in [-0.05, 0) is 24.1 Å². The molecule has 0 aliphatic rings. The fourth-order valence-electron chi connectivity index (χ4n) is 1.37. The summed E-state index contributed by atoms with van der Waals surface area (Å²) in [4.78, 5) is 0. The standard InChI is InChI=1S/C11H14F3NO2.ClH/c1-2-9(16)10(15)7-3-5-8(6-4-7)17-11(12,13)14;/h3-6,9-10,16H,2,15H2,1H3;1H/t9-,10+;/m0./s1. The highest BCUT2D eigenvalue weighted by Gasteiger charge is 2.31. The number of rotatable bonds is 4. The molecule has 7 heteroatoms. The summed E-state index contributed by atoms with van der Waals surface area (Å²) in [6, 6.07) is 4.55. The van der Waals surface area contributed by atoms with E-state index >= 15 is 0 Å². The maximum absolute atomic E-state index is 11.9. The van der Waals surface area contributed by atoms with Crippen molar-refractivity contribution in [3.8, 4) is 5.75 Å². The van der Waals surface area contributed by atoms with Crippen LogP contribution in [0.4, 0.5) is 13.2 Å². The van der Waals surface area contributed by atoms with Crippen LogP contribution in [0.2, 0.25) is 0 Å². The van der Waals surface area contributed by atoms with Crippen molar-refractivity contribution in [3.05, 3.63) is 29.8 Å². The van der Waals surface area contributed by atoms with Gasteiger partial charge in [0.15, 0.2) is 0 Å². The molecule has 0 heterocycles. The number of halogens is 4. The molecule has 2 atom stereocenters. The Morgan fingerprint density at radius 1 is 1.28 bits per heavy atom. The summed E-state index contributed by atoms with van der Waals surface area (Å²) in [5.74, 6) is -0.306. The number of ether oxygens (including phenoxy) is 1. The van der Waals surface area contributed by atoms with Crippen molar-refractivity contribution in [3.63, 3.8) is 0 Å². The topological polar surface area (TPSA) is 55.5 Å². The lowest BCUT2D eigenvalue weighted by Crippen LogP contribution is -2.25. The number of aliphatic hydroxyl groups excluding tert-OH is 1. The van der Waals surface area contributed by atoms with Crippen molar-refractivity contribution in [2.75, 3.05) is 0 Å². The summed E-state index contributed by atoms with van der Waals surface area (Å²) in [6.45, 7) is 1.77. The second-order valence-corrected chi connectivity index (χ2v) is 3.62. The number of alkyl halides is 3. The van der Waals surface area contributed by atoms with Crippen LogP contribution in [0.3, 0.4) is 0 Å². The quantitative estimate of drug-likeness (QED) is 0.894. The number of benzene rings is 1. The van der Waals surface area contributed by atoms with Crippen LogP contribution in [-0.2, 0) is 0 Å². The molecule has 1 rings (SSSR count). The Morgan fingerprint density at radius 2 is 1.78 bits per heavy atom. The molecule has 1 aromatic rings. The van der Waals surface area contributed by atoms with Crippen LogP contribution in [0, 0.1) is 0 Å². The average molecular weight is 286 g/mol. The minimum Gasteiger partial charge on any atom is -0.406 e. The number of aliphatic hydroxyl groups is 1. The Morgan fingerprint density at radius 3 is 2.17 bits per heavy atom. The molecule has 0 fully saturated rings. The van der Waals surface area contributed by atoms with Crippen molar-refractivity contribution in [1.29, 1.82) is 0 Å². The van der Waals surface area contributed by atoms with Crippen LogP contribution in [0.15, 0.2) is 24.3 Å². The van der Waals surface area contributed by atoms with E-state index in [1.165, 1.54) is 24.3 Å². The minimum absolute atomic E-state index is 0. The summed E-state index contributed by atoms with van der Waals surface area (Å²) in [5, 5.41) is 9.50. The first-order chi connectivity index (χ1) is 7.83. The van der Waals surface area contributed by atoms with Gasteiger partial charge in [0.25, 0.3) is 0 Å². The van der Waals surface area contributed by atoms with Crippen LogP contribution in [-0.4, -0.2) is 17.6 Å². The molecular weight excluding hydrogens is 271 g/mol. The van der Waals surface area contributed by atoms with E-state index < -0.39 is 18.5 Å². The van der Waals surface area contributed by atoms with Gasteiger partial charge in [-0.25, -0.2) is 0 Å². The summed E-state index contributed by atoms with van der Waals surface area (Å²) in [6.07, 6.45) is -4.95. The summed E-state index contributed by atoms with van der Waals surface area (Å²) in [7, 11) is 0. The van der Waals surface area contributed by atoms with E-state index in [0.717, 1.165) is 0 Å². The molecule has 1 aromatic carbocycles. The van der Waals surface area contributed by atoms with Gasteiger partial charge in [-0.3, -0.25) is 0 Å². The van der Waals surface area contributed by atoms with Gasteiger partial charge in [0, 0.05) is 0 Å². The molecule has 0 saturated carbocycles. The number of hydrogen-bond donors (Lipinski definition) is 2. The highest BCUT2D eigenvalue weighted by molar-refractivity contribution is 5.85. The lowest BCUT2D eigenvalue weighted by Gasteiger charge is -2.18. The van der Waals surface area contributed by atoms with Gasteiger partial charge in [0.1, 0.15) is 5.75 Å². The third kappa shape index (κ3) is 5.12. The lowest BCUT2D eigenvalue weighted by atomic mass is 10.0. The highest BCUT2D eigenvalue weighted by atomic mass is 35.5. The zero-order chi connectivity index (χ0) is 13.1. The Balaban J connectivity index is 0.00000289. The van der Waals surface area contributed by atoms with Crippen LogP contribution in [0.5, 0.6) is 5.75 Å². The fourth-order valence-corrected chi connectivity index (χ4v) is 1.37. The van der Waals surface area contributed by atoms with Crippen molar-refractivity contribution in [1.82, 2.24) is 0 Å². The fraction of sp³-hybridized carbons (Fsp3) is 0.455. The van der Waals surface area contributed by atoms with Gasteiger partial charge in [0.05, 0.1) is 12.1 Å². The number of hydrogen-bond acceptors (Lipinski definition) is 3. The Kier molecular flexibility index (Phi) is 6.45. The maximum Gasteiger partial charge on any atom is 0.573 e. The van der Waals surface area contributed by atoms with E-state index in [2.05, 4.69) is 4.74 Å². The summed E-state index contributed by atoms with van der Waals surface area (Å²) >= 11 is 0. The summed E-state index contributed by atoms with van der Waals surface area (Å²) < 4.78 is 39.4. The molecule has 18 heavy (non-hydrogen) atoms. The van der Waals surface area contributed by atoms with Crippen LogP contribution >= 0.6 is 12.4 Å². The molecule has 0 saturated heterocycles. The van der Waals surface area contributed by atoms with Crippen molar-refractivity contribution in [2.24, 2.45) is 5.73 Å². The van der Waals surface area contributed by atoms with Crippen molar-refractivity contribution in [2.45, 2.75) is 31.9 Å². The molecule has 3 N–H and O–H groups in total. The lowest BCUT2D eigenvalue weighted by molar-refractivity contribution is -0.274. The monoisotopic (exact) mass is 285 g/mol. The maximum atomic E-state index is 11.9. The molecule has 0 bridgehead atoms. The predicted molar refractivity (Wildman–Crippen MR) is 63.6 cm³/mol. The normalized spacial score (nSPS) is 14.6. The SMILES string of the molecule is CC[C@H](O)[C@H](N)c1ccc(OC(F)(F)F)cc1.Cl. The number of nitrogens with two attached hydrogens (primary N) is 1. The molecule has 0 amide bonds. The molecule has 3 nitrogen and oxygen atoms in total. The minimum atomic E-state index is -4.70. The van der Waals surface area contributed by atoms with Gasteiger partial charge in [-0.1, -0.05) is 19.1 Å². The van der Waals surface area contributed by atoms with Crippen LogP contribution < -0.4 is 10.5 Å². The zero-order valence-corrected chi connectivity index (χ0v) is 10.5. The van der Waals surface area contributed by atoms with Gasteiger partial charge >= 0.3 is 6.36 Å².